The monoisotopic (exact) mass is 472 g/mol. The van der Waals surface area contributed by atoms with E-state index >= 15 is 0 Å². The molecule has 0 aromatic heterocycles. The van der Waals surface area contributed by atoms with E-state index in [1.54, 1.807) is 0 Å². The van der Waals surface area contributed by atoms with Gasteiger partial charge >= 0.3 is 0 Å². The highest BCUT2D eigenvalue weighted by Gasteiger charge is 2.80. The molecule has 34 heavy (non-hydrogen) atoms. The normalized spacial score (nSPS) is 58.0. The molecule has 192 valence electrons. The summed E-state index contributed by atoms with van der Waals surface area (Å²) >= 11 is 0. The highest BCUT2D eigenvalue weighted by Crippen LogP contribution is 2.79. The zero-order valence-electron chi connectivity index (χ0n) is 23.0. The highest BCUT2D eigenvalue weighted by atomic mass is 16.8. The van der Waals surface area contributed by atoms with Gasteiger partial charge in [0.15, 0.2) is 5.79 Å². The van der Waals surface area contributed by atoms with E-state index < -0.39 is 11.4 Å². The molecule has 1 N–H and O–H groups in total. The van der Waals surface area contributed by atoms with E-state index in [0.717, 1.165) is 32.1 Å². The van der Waals surface area contributed by atoms with Crippen LogP contribution in [0.3, 0.4) is 0 Å². The molecule has 4 aliphatic carbocycles. The van der Waals surface area contributed by atoms with Crippen molar-refractivity contribution in [3.8, 4) is 0 Å². The Morgan fingerprint density at radius 1 is 0.765 bits per heavy atom. The van der Waals surface area contributed by atoms with Crippen molar-refractivity contribution in [2.75, 3.05) is 0 Å². The van der Waals surface area contributed by atoms with Crippen molar-refractivity contribution in [2.24, 2.45) is 39.4 Å². The smallest absolute Gasteiger partial charge is 0.198 e. The average molecular weight is 473 g/mol. The number of hydrogen-bond donors (Lipinski definition) is 1. The van der Waals surface area contributed by atoms with Crippen molar-refractivity contribution in [3.63, 3.8) is 0 Å². The molecule has 9 atom stereocenters. The standard InChI is InChI=1S/C30H48O4/c1-23(2)19-11-14-26(6)20(25(19,5)13-12-22(23)31)9-10-21-27(26,7)15-17-29(21)28(8)16-18-30(33-28,34-29)24(3,4)32/h19-21,32H,9-18H2,1-8H3/t19?,20?,21?,25-,26+,27+,28-,29+,30+/m0/s1. The molecule has 2 saturated heterocycles. The largest absolute Gasteiger partial charge is 0.385 e. The summed E-state index contributed by atoms with van der Waals surface area (Å²) in [7, 11) is 0. The van der Waals surface area contributed by atoms with Crippen LogP contribution < -0.4 is 0 Å². The van der Waals surface area contributed by atoms with Gasteiger partial charge in [0, 0.05) is 18.3 Å². The molecule has 2 aliphatic heterocycles. The number of hydrogen-bond acceptors (Lipinski definition) is 4. The molecule has 4 saturated carbocycles. The molecule has 6 fully saturated rings. The van der Waals surface area contributed by atoms with Crippen molar-refractivity contribution in [1.82, 2.24) is 0 Å². The van der Waals surface area contributed by atoms with Gasteiger partial charge in [-0.25, -0.2) is 0 Å². The van der Waals surface area contributed by atoms with Gasteiger partial charge in [0.05, 0.1) is 5.60 Å². The molecule has 1 spiro atoms. The third-order valence-corrected chi connectivity index (χ3v) is 13.7. The quantitative estimate of drug-likeness (QED) is 0.478. The Balaban J connectivity index is 1.40. The van der Waals surface area contributed by atoms with Crippen LogP contribution in [0.4, 0.5) is 0 Å². The van der Waals surface area contributed by atoms with Gasteiger partial charge in [0.2, 0.25) is 0 Å². The zero-order valence-corrected chi connectivity index (χ0v) is 23.0. The number of carbonyl (C=O) groups is 1. The summed E-state index contributed by atoms with van der Waals surface area (Å²) in [6.07, 6.45) is 10.6. The van der Waals surface area contributed by atoms with Gasteiger partial charge in [0.1, 0.15) is 17.0 Å². The Morgan fingerprint density at radius 2 is 1.41 bits per heavy atom. The fraction of sp³-hybridized carbons (Fsp3) is 0.967. The van der Waals surface area contributed by atoms with Crippen LogP contribution >= 0.6 is 0 Å². The molecule has 6 rings (SSSR count). The van der Waals surface area contributed by atoms with Crippen LogP contribution in [0.25, 0.3) is 0 Å². The zero-order chi connectivity index (χ0) is 24.8. The highest BCUT2D eigenvalue weighted by molar-refractivity contribution is 5.85. The van der Waals surface area contributed by atoms with Crippen LogP contribution in [0.5, 0.6) is 0 Å². The van der Waals surface area contributed by atoms with Crippen molar-refractivity contribution < 1.29 is 19.4 Å². The first kappa shape index (κ1) is 23.9. The molecular formula is C30H48O4. The number of carbonyl (C=O) groups excluding carboxylic acids is 1. The second kappa shape index (κ2) is 6.33. The van der Waals surface area contributed by atoms with E-state index in [2.05, 4.69) is 41.5 Å². The summed E-state index contributed by atoms with van der Waals surface area (Å²) in [6, 6.07) is 0. The third kappa shape index (κ3) is 2.37. The van der Waals surface area contributed by atoms with Crippen molar-refractivity contribution >= 4 is 5.78 Å². The lowest BCUT2D eigenvalue weighted by Gasteiger charge is -2.69. The van der Waals surface area contributed by atoms with Gasteiger partial charge in [-0.15, -0.1) is 0 Å². The Kier molecular flexibility index (Phi) is 4.45. The van der Waals surface area contributed by atoms with Crippen LogP contribution in [0.2, 0.25) is 0 Å². The minimum absolute atomic E-state index is 0.188. The van der Waals surface area contributed by atoms with E-state index in [1.807, 2.05) is 13.8 Å². The molecule has 4 heteroatoms. The van der Waals surface area contributed by atoms with Crippen LogP contribution in [0, 0.1) is 39.4 Å². The Labute approximate surface area is 206 Å². The molecule has 0 radical (unpaired) electrons. The second-order valence-electron chi connectivity index (χ2n) is 15.4. The Morgan fingerprint density at radius 3 is 2.06 bits per heavy atom. The minimum atomic E-state index is -1.01. The van der Waals surface area contributed by atoms with Crippen molar-refractivity contribution in [3.05, 3.63) is 0 Å². The minimum Gasteiger partial charge on any atom is -0.385 e. The van der Waals surface area contributed by atoms with Gasteiger partial charge in [-0.1, -0.05) is 34.6 Å². The number of ether oxygens (including phenoxy) is 2. The molecule has 2 heterocycles. The maximum Gasteiger partial charge on any atom is 0.198 e. The number of ketones is 1. The fourth-order valence-corrected chi connectivity index (χ4v) is 11.5. The number of fused-ring (bicyclic) bond motifs is 9. The van der Waals surface area contributed by atoms with E-state index in [1.165, 1.54) is 32.1 Å². The Hall–Kier alpha value is -0.450. The first-order chi connectivity index (χ1) is 15.5. The van der Waals surface area contributed by atoms with E-state index in [9.17, 15) is 9.90 Å². The van der Waals surface area contributed by atoms with Crippen LogP contribution in [-0.4, -0.2) is 33.5 Å². The summed E-state index contributed by atoms with van der Waals surface area (Å²) in [5.41, 5.74) is -1.17. The van der Waals surface area contributed by atoms with E-state index in [0.29, 0.717) is 23.5 Å². The predicted molar refractivity (Wildman–Crippen MR) is 132 cm³/mol. The topological polar surface area (TPSA) is 55.8 Å². The van der Waals surface area contributed by atoms with Gasteiger partial charge in [-0.3, -0.25) is 4.79 Å². The number of aliphatic hydroxyl groups is 1. The van der Waals surface area contributed by atoms with Gasteiger partial charge < -0.3 is 14.6 Å². The molecule has 0 aromatic rings. The molecule has 4 nitrogen and oxygen atoms in total. The number of Topliss-reactive ketones (excluding diaryl/α,β-unsaturated/α-hetero) is 1. The van der Waals surface area contributed by atoms with E-state index in [-0.39, 0.29) is 32.9 Å². The maximum atomic E-state index is 12.9. The SMILES string of the molecule is CC1(C)C(=O)CC[C@@]2(C)C1CC[C@]1(C)C2CCC2[C@@]1(C)CC[C@@]21O[C@@]2(C(C)(C)O)CC[C@]1(C)O2. The lowest BCUT2D eigenvalue weighted by atomic mass is 9.35. The number of rotatable bonds is 1. The molecule has 0 amide bonds. The lowest BCUT2D eigenvalue weighted by molar-refractivity contribution is -0.283. The van der Waals surface area contributed by atoms with Crippen LogP contribution in [0.15, 0.2) is 0 Å². The van der Waals surface area contributed by atoms with Gasteiger partial charge in [-0.2, -0.15) is 0 Å². The first-order valence-corrected chi connectivity index (χ1v) is 14.2. The lowest BCUT2D eigenvalue weighted by Crippen LogP contribution is -2.66. The van der Waals surface area contributed by atoms with Gasteiger partial charge in [0.25, 0.3) is 0 Å². The molecule has 6 aliphatic rings. The molecular weight excluding hydrogens is 424 g/mol. The maximum absolute atomic E-state index is 12.9. The molecule has 3 unspecified atom stereocenters. The van der Waals surface area contributed by atoms with Crippen LogP contribution in [-0.2, 0) is 14.3 Å². The first-order valence-electron chi connectivity index (χ1n) is 14.2. The summed E-state index contributed by atoms with van der Waals surface area (Å²) in [5.74, 6) is 1.21. The second-order valence-corrected chi connectivity index (χ2v) is 15.4. The predicted octanol–water partition coefficient (Wildman–Crippen LogP) is 6.43. The summed E-state index contributed by atoms with van der Waals surface area (Å²) in [6.45, 7) is 18.2. The third-order valence-electron chi connectivity index (χ3n) is 13.7. The summed E-state index contributed by atoms with van der Waals surface area (Å²) < 4.78 is 13.8. The van der Waals surface area contributed by atoms with E-state index in [4.69, 9.17) is 9.47 Å². The summed E-state index contributed by atoms with van der Waals surface area (Å²) in [5, 5.41) is 11.1. The van der Waals surface area contributed by atoms with Crippen LogP contribution in [0.1, 0.15) is 120 Å². The van der Waals surface area contributed by atoms with Crippen molar-refractivity contribution in [2.45, 2.75) is 142 Å². The molecule has 0 aromatic carbocycles. The molecule has 2 bridgehead atoms. The fourth-order valence-electron chi connectivity index (χ4n) is 11.5. The average Bonchev–Trinajstić information content (AvgIpc) is 3.32. The van der Waals surface area contributed by atoms with Gasteiger partial charge in [-0.05, 0) is 106 Å². The Bertz CT molecular complexity index is 935. The summed E-state index contributed by atoms with van der Waals surface area (Å²) in [4.78, 5) is 12.9. The van der Waals surface area contributed by atoms with Crippen molar-refractivity contribution in [1.29, 1.82) is 0 Å².